The Balaban J connectivity index is 1.02. The number of fused-ring (bicyclic) bond motifs is 5. The lowest BCUT2D eigenvalue weighted by molar-refractivity contribution is -0.249. The molecule has 5 aliphatic carbocycles. The van der Waals surface area contributed by atoms with Crippen LogP contribution in [0, 0.1) is 79.8 Å². The van der Waals surface area contributed by atoms with E-state index in [0.717, 1.165) is 70.6 Å². The van der Waals surface area contributed by atoms with Crippen LogP contribution in [0.25, 0.3) is 0 Å². The van der Waals surface area contributed by atoms with Crippen LogP contribution in [0.2, 0.25) is 0 Å². The Kier molecular flexibility index (Phi) is 19.7. The van der Waals surface area contributed by atoms with Crippen LogP contribution in [-0.2, 0) is 42.5 Å². The highest BCUT2D eigenvalue weighted by Gasteiger charge is 2.75. The molecule has 5 amide bonds. The van der Waals surface area contributed by atoms with Gasteiger partial charge in [-0.05, 0) is 160 Å². The second kappa shape index (κ2) is 24.2. The molecule has 5 unspecified atom stereocenters. The Labute approximate surface area is 488 Å². The van der Waals surface area contributed by atoms with Crippen LogP contribution >= 0.6 is 7.82 Å². The Morgan fingerprint density at radius 2 is 1.44 bits per heavy atom. The molecular weight excluding hydrogens is 1050 g/mol. The van der Waals surface area contributed by atoms with Gasteiger partial charge in [0.2, 0.25) is 29.5 Å². The average molecular weight is 1160 g/mol. The number of phosphoric acid groups is 1. The van der Waals surface area contributed by atoms with E-state index in [2.05, 4.69) is 77.8 Å². The van der Waals surface area contributed by atoms with Crippen molar-refractivity contribution in [1.82, 2.24) is 30.2 Å². The normalized spacial score (nSPS) is 35.9. The number of carbonyl (C=O) groups is 5. The second-order valence-corrected chi connectivity index (χ2v) is 31.2. The number of amides is 5. The molecule has 0 spiro atoms. The standard InChI is InChI=1S/C63H111N6O11P/c1-20-39(6)51(67(17)56(73)49(37(2)3)65-55(72)50(38(4)5)66(15)16)43(78-18)36-47(70)68-34-21-22-42(68)52(79-19)40(7)54(71)64-33-35-69-53-48-41-23-24-45-60(12)27-26-46(80-81(75,76)77)59(10,11)44(60)25-28-62(45,14)61(41,13)30-32-63(48,57(69)74)31-29-58(53,8)9/h37-46,48-53H,20-36H2,1-19H3,(H,64,71)(H,65,72)(H2,75,76,77)/t39-,40+,41+,42?,43+,44?,45?,46-,48?,49-,50-,51-,52+,53?,60-,61+,62+,63-/m0/s1. The topological polar surface area (TPSA) is 208 Å². The number of ether oxygens (including phenoxy) is 2. The minimum atomic E-state index is -4.64. The number of nitrogens with zero attached hydrogens (tertiary/aromatic N) is 4. The van der Waals surface area contributed by atoms with Crippen LogP contribution in [0.1, 0.15) is 187 Å². The van der Waals surface area contributed by atoms with Gasteiger partial charge in [0.25, 0.3) is 0 Å². The van der Waals surface area contributed by atoms with Crippen molar-refractivity contribution < 1.29 is 52.3 Å². The first kappa shape index (κ1) is 65.9. The van der Waals surface area contributed by atoms with Crippen molar-refractivity contribution >= 4 is 37.4 Å². The van der Waals surface area contributed by atoms with Crippen LogP contribution in [0.3, 0.4) is 0 Å². The van der Waals surface area contributed by atoms with Gasteiger partial charge in [0.15, 0.2) is 0 Å². The number of nitrogens with one attached hydrogen (secondary N) is 2. The molecular formula is C63H111N6O11P. The Hall–Kier alpha value is -2.66. The van der Waals surface area contributed by atoms with Crippen molar-refractivity contribution in [2.24, 2.45) is 79.8 Å². The van der Waals surface area contributed by atoms with Crippen LogP contribution in [0.5, 0.6) is 0 Å². The third-order valence-corrected chi connectivity index (χ3v) is 24.8. The van der Waals surface area contributed by atoms with Crippen LogP contribution in [0.15, 0.2) is 0 Å². The molecule has 0 aromatic carbocycles. The SMILES string of the molecule is CC[C@H](C)[C@@H]([C@@H](CC(=O)N1CCCC1[C@H](OC)[C@@H](C)C(=O)NCCN1C(=O)[C@]23CCC(C)(C)C1C2[C@H]1CCC2[C@@]4(C)CC[C@H](OP(=O)(O)O)C(C)(C)C4CC[C@@]2(C)[C@]1(C)CC3)OC)N(C)C(=O)[C@@H](NC(=O)[C@H](C(C)C)N(C)C)C(C)C. The molecule has 464 valence electrons. The maximum absolute atomic E-state index is 15.3. The highest BCUT2D eigenvalue weighted by molar-refractivity contribution is 7.46. The zero-order chi connectivity index (χ0) is 60.5. The van der Waals surface area contributed by atoms with Gasteiger partial charge in [-0.1, -0.05) is 103 Å². The number of hydrogen-bond donors (Lipinski definition) is 4. The van der Waals surface area contributed by atoms with E-state index < -0.39 is 61.0 Å². The lowest BCUT2D eigenvalue weighted by Gasteiger charge is -2.73. The fourth-order valence-corrected chi connectivity index (χ4v) is 20.6. The van der Waals surface area contributed by atoms with E-state index in [-0.39, 0.29) is 99.3 Å². The average Bonchev–Trinajstić information content (AvgIpc) is 4.20. The molecule has 0 radical (unpaired) electrons. The molecule has 18 heteroatoms. The van der Waals surface area contributed by atoms with E-state index in [4.69, 9.17) is 14.0 Å². The maximum atomic E-state index is 15.3. The van der Waals surface area contributed by atoms with Crippen molar-refractivity contribution in [3.05, 3.63) is 0 Å². The van der Waals surface area contributed by atoms with Crippen molar-refractivity contribution in [2.75, 3.05) is 55.0 Å². The number of hydrogen-bond acceptors (Lipinski definition) is 10. The van der Waals surface area contributed by atoms with Gasteiger partial charge in [0.05, 0.1) is 54.2 Å². The summed E-state index contributed by atoms with van der Waals surface area (Å²) < 4.78 is 30.0. The van der Waals surface area contributed by atoms with E-state index in [1.54, 1.807) is 26.2 Å². The molecule has 2 aliphatic heterocycles. The van der Waals surface area contributed by atoms with E-state index in [9.17, 15) is 33.5 Å². The molecule has 7 aliphatic rings. The van der Waals surface area contributed by atoms with Gasteiger partial charge < -0.3 is 44.6 Å². The number of rotatable bonds is 22. The molecule has 5 saturated carbocycles. The summed E-state index contributed by atoms with van der Waals surface area (Å²) in [6, 6.07) is -1.97. The molecule has 0 aromatic rings. The molecule has 2 saturated heterocycles. The summed E-state index contributed by atoms with van der Waals surface area (Å²) in [4.78, 5) is 99.8. The zero-order valence-electron chi connectivity index (χ0n) is 53.6. The van der Waals surface area contributed by atoms with Crippen LogP contribution in [0.4, 0.5) is 0 Å². The number of methoxy groups -OCH3 is 2. The van der Waals surface area contributed by atoms with Crippen molar-refractivity contribution in [3.8, 4) is 0 Å². The molecule has 18 atom stereocenters. The van der Waals surface area contributed by atoms with E-state index in [1.807, 2.05) is 58.5 Å². The van der Waals surface area contributed by atoms with E-state index in [1.165, 1.54) is 0 Å². The van der Waals surface area contributed by atoms with Gasteiger partial charge in [0.1, 0.15) is 6.04 Å². The summed E-state index contributed by atoms with van der Waals surface area (Å²) in [6.07, 6.45) is 9.88. The van der Waals surface area contributed by atoms with Crippen molar-refractivity contribution in [3.63, 3.8) is 0 Å². The molecule has 4 N–H and O–H groups in total. The Morgan fingerprint density at radius 1 is 0.790 bits per heavy atom. The lowest BCUT2D eigenvalue weighted by atomic mass is 9.31. The molecule has 81 heavy (non-hydrogen) atoms. The van der Waals surface area contributed by atoms with Gasteiger partial charge in [-0.15, -0.1) is 0 Å². The zero-order valence-corrected chi connectivity index (χ0v) is 54.5. The third-order valence-electron chi connectivity index (χ3n) is 24.3. The molecule has 7 rings (SSSR count). The van der Waals surface area contributed by atoms with Gasteiger partial charge in [-0.2, -0.15) is 0 Å². The largest absolute Gasteiger partial charge is 0.469 e. The molecule has 2 bridgehead atoms. The predicted octanol–water partition coefficient (Wildman–Crippen LogP) is 8.93. The van der Waals surface area contributed by atoms with Gasteiger partial charge >= 0.3 is 7.82 Å². The minimum Gasteiger partial charge on any atom is -0.379 e. The number of carbonyl (C=O) groups excluding carboxylic acids is 5. The quantitative estimate of drug-likeness (QED) is 0.0750. The van der Waals surface area contributed by atoms with Crippen LogP contribution < -0.4 is 10.6 Å². The van der Waals surface area contributed by atoms with Gasteiger partial charge in [-0.3, -0.25) is 33.4 Å². The summed E-state index contributed by atoms with van der Waals surface area (Å²) in [5, 5.41) is 6.32. The summed E-state index contributed by atoms with van der Waals surface area (Å²) in [5.41, 5.74) is -0.878. The fourth-order valence-electron chi connectivity index (χ4n) is 19.9. The maximum Gasteiger partial charge on any atom is 0.469 e. The highest BCUT2D eigenvalue weighted by atomic mass is 31.2. The third kappa shape index (κ3) is 11.6. The van der Waals surface area contributed by atoms with Crippen molar-refractivity contribution in [2.45, 2.75) is 235 Å². The summed E-state index contributed by atoms with van der Waals surface area (Å²) in [5.74, 6) is 0.0259. The number of likely N-dealkylation sites (N-methyl/N-ethyl adjacent to an activating group) is 2. The number of phosphoric ester groups is 1. The van der Waals surface area contributed by atoms with Gasteiger partial charge in [0, 0.05) is 46.9 Å². The Bertz CT molecular complexity index is 2340. The Morgan fingerprint density at radius 3 is 2.02 bits per heavy atom. The monoisotopic (exact) mass is 1160 g/mol. The predicted molar refractivity (Wildman–Crippen MR) is 315 cm³/mol. The number of likely N-dealkylation sites (tertiary alicyclic amines) is 2. The molecule has 17 nitrogen and oxygen atoms in total. The van der Waals surface area contributed by atoms with Crippen molar-refractivity contribution in [1.29, 1.82) is 0 Å². The molecule has 2 heterocycles. The van der Waals surface area contributed by atoms with E-state index >= 15 is 4.79 Å². The fraction of sp³-hybridized carbons (Fsp3) is 0.921. The molecule has 0 aromatic heterocycles. The highest BCUT2D eigenvalue weighted by Crippen LogP contribution is 2.78. The summed E-state index contributed by atoms with van der Waals surface area (Å²) in [6.45, 7) is 31.7. The second-order valence-electron chi connectivity index (χ2n) is 30.0. The lowest BCUT2D eigenvalue weighted by Crippen LogP contribution is -2.68. The first-order chi connectivity index (χ1) is 37.6. The summed E-state index contributed by atoms with van der Waals surface area (Å²) in [7, 11) is 4.03. The summed E-state index contributed by atoms with van der Waals surface area (Å²) >= 11 is 0. The van der Waals surface area contributed by atoms with Gasteiger partial charge in [-0.25, -0.2) is 4.57 Å². The van der Waals surface area contributed by atoms with E-state index in [0.29, 0.717) is 44.3 Å². The van der Waals surface area contributed by atoms with Crippen LogP contribution in [-0.4, -0.2) is 162 Å². The first-order valence-corrected chi connectivity index (χ1v) is 33.0. The minimum absolute atomic E-state index is 0.00202. The first-order valence-electron chi connectivity index (χ1n) is 31.5. The molecule has 7 fully saturated rings. The smallest absolute Gasteiger partial charge is 0.379 e.